The Hall–Kier alpha value is -3.15. The Kier molecular flexibility index (Phi) is 11.7. The van der Waals surface area contributed by atoms with Gasteiger partial charge in [-0.25, -0.2) is 4.39 Å². The highest BCUT2D eigenvalue weighted by molar-refractivity contribution is 5.80. The predicted molar refractivity (Wildman–Crippen MR) is 163 cm³/mol. The molecule has 47 heavy (non-hydrogen) atoms. The van der Waals surface area contributed by atoms with Gasteiger partial charge in [-0.3, -0.25) is 9.59 Å². The number of rotatable bonds is 9. The summed E-state index contributed by atoms with van der Waals surface area (Å²) in [6.07, 6.45) is -5.40. The minimum absolute atomic E-state index is 0.0774. The fourth-order valence-electron chi connectivity index (χ4n) is 7.19. The number of hydrogen-bond donors (Lipinski definition) is 0. The SMILES string of the molecule is CCOC(=O)CC1CCC(CN2CC[C@H](C(=O)N(C)[C@@H](C)c3cc(C(F)(F)F)cc(C(F)(F)F)c3)[C@@H](c3ccc(F)cc3C)C2)CC1. The van der Waals surface area contributed by atoms with Gasteiger partial charge in [-0.1, -0.05) is 6.07 Å². The molecule has 1 aliphatic carbocycles. The maximum absolute atomic E-state index is 14.1. The van der Waals surface area contributed by atoms with E-state index in [4.69, 9.17) is 4.74 Å². The molecule has 260 valence electrons. The zero-order chi connectivity index (χ0) is 34.7. The van der Waals surface area contributed by atoms with Crippen molar-refractivity contribution in [3.63, 3.8) is 0 Å². The second kappa shape index (κ2) is 15.0. The van der Waals surface area contributed by atoms with E-state index in [0.717, 1.165) is 37.8 Å². The van der Waals surface area contributed by atoms with Crippen molar-refractivity contribution in [1.29, 1.82) is 0 Å². The number of amides is 1. The molecule has 1 amide bonds. The average Bonchev–Trinajstić information content (AvgIpc) is 3.00. The van der Waals surface area contributed by atoms with Crippen LogP contribution in [0, 0.1) is 30.5 Å². The lowest BCUT2D eigenvalue weighted by Gasteiger charge is -2.42. The van der Waals surface area contributed by atoms with Gasteiger partial charge in [0.15, 0.2) is 0 Å². The van der Waals surface area contributed by atoms with Crippen molar-refractivity contribution in [2.24, 2.45) is 17.8 Å². The molecule has 1 heterocycles. The normalized spacial score (nSPS) is 23.3. The first-order valence-electron chi connectivity index (χ1n) is 16.2. The summed E-state index contributed by atoms with van der Waals surface area (Å²) >= 11 is 0. The smallest absolute Gasteiger partial charge is 0.416 e. The largest absolute Gasteiger partial charge is 0.466 e. The van der Waals surface area contributed by atoms with Crippen molar-refractivity contribution < 1.29 is 45.1 Å². The monoisotopic (exact) mass is 672 g/mol. The van der Waals surface area contributed by atoms with Crippen LogP contribution in [0.1, 0.15) is 92.1 Å². The minimum Gasteiger partial charge on any atom is -0.466 e. The number of piperidine rings is 1. The predicted octanol–water partition coefficient (Wildman–Crippen LogP) is 8.56. The number of alkyl halides is 6. The molecule has 1 saturated heterocycles. The molecular formula is C35H43F7N2O3. The lowest BCUT2D eigenvalue weighted by Crippen LogP contribution is -2.47. The van der Waals surface area contributed by atoms with E-state index in [9.17, 15) is 40.3 Å². The van der Waals surface area contributed by atoms with E-state index in [1.54, 1.807) is 19.9 Å². The summed E-state index contributed by atoms with van der Waals surface area (Å²) in [4.78, 5) is 29.5. The molecule has 0 radical (unpaired) electrons. The quantitative estimate of drug-likeness (QED) is 0.198. The van der Waals surface area contributed by atoms with Gasteiger partial charge in [0.25, 0.3) is 0 Å². The first-order chi connectivity index (χ1) is 22.0. The first kappa shape index (κ1) is 36.7. The van der Waals surface area contributed by atoms with Gasteiger partial charge in [-0.2, -0.15) is 26.3 Å². The molecular weight excluding hydrogens is 629 g/mol. The minimum atomic E-state index is -5.00. The Balaban J connectivity index is 1.52. The van der Waals surface area contributed by atoms with E-state index in [1.807, 2.05) is 0 Å². The molecule has 0 unspecified atom stereocenters. The molecule has 2 aromatic rings. The van der Waals surface area contributed by atoms with Crippen LogP contribution in [0.4, 0.5) is 30.7 Å². The van der Waals surface area contributed by atoms with Crippen molar-refractivity contribution in [3.8, 4) is 0 Å². The van der Waals surface area contributed by atoms with Crippen LogP contribution in [0.15, 0.2) is 36.4 Å². The Labute approximate surface area is 271 Å². The third-order valence-electron chi connectivity index (χ3n) is 9.91. The first-order valence-corrected chi connectivity index (χ1v) is 16.2. The summed E-state index contributed by atoms with van der Waals surface area (Å²) in [7, 11) is 1.40. The third-order valence-corrected chi connectivity index (χ3v) is 9.91. The van der Waals surface area contributed by atoms with Gasteiger partial charge in [0.2, 0.25) is 5.91 Å². The number of likely N-dealkylation sites (tertiary alicyclic amines) is 1. The van der Waals surface area contributed by atoms with Gasteiger partial charge in [0, 0.05) is 38.4 Å². The molecule has 2 aromatic carbocycles. The van der Waals surface area contributed by atoms with Crippen LogP contribution in [-0.2, 0) is 26.7 Å². The maximum atomic E-state index is 14.1. The molecule has 0 spiro atoms. The van der Waals surface area contributed by atoms with Crippen molar-refractivity contribution in [2.75, 3.05) is 33.3 Å². The van der Waals surface area contributed by atoms with Crippen LogP contribution in [-0.4, -0.2) is 55.0 Å². The zero-order valence-electron chi connectivity index (χ0n) is 27.2. The van der Waals surface area contributed by atoms with Gasteiger partial charge >= 0.3 is 18.3 Å². The summed E-state index contributed by atoms with van der Waals surface area (Å²) in [6.45, 7) is 7.20. The van der Waals surface area contributed by atoms with Crippen molar-refractivity contribution >= 4 is 11.9 Å². The number of carbonyl (C=O) groups excluding carboxylic acids is 2. The second-order valence-electron chi connectivity index (χ2n) is 13.1. The number of aryl methyl sites for hydroxylation is 1. The van der Waals surface area contributed by atoms with E-state index >= 15 is 0 Å². The Morgan fingerprint density at radius 3 is 2.09 bits per heavy atom. The van der Waals surface area contributed by atoms with Gasteiger partial charge in [-0.15, -0.1) is 0 Å². The molecule has 5 nitrogen and oxygen atoms in total. The molecule has 0 bridgehead atoms. The highest BCUT2D eigenvalue weighted by Gasteiger charge is 2.41. The van der Waals surface area contributed by atoms with Crippen LogP contribution in [0.25, 0.3) is 0 Å². The van der Waals surface area contributed by atoms with E-state index in [2.05, 4.69) is 4.90 Å². The molecule has 1 saturated carbocycles. The number of esters is 1. The topological polar surface area (TPSA) is 49.9 Å². The van der Waals surface area contributed by atoms with E-state index in [-0.39, 0.29) is 23.5 Å². The van der Waals surface area contributed by atoms with Gasteiger partial charge < -0.3 is 14.5 Å². The molecule has 4 rings (SSSR count). The van der Waals surface area contributed by atoms with Crippen molar-refractivity contribution in [1.82, 2.24) is 9.80 Å². The molecule has 2 fully saturated rings. The van der Waals surface area contributed by atoms with E-state index in [0.29, 0.717) is 62.1 Å². The lowest BCUT2D eigenvalue weighted by molar-refractivity contribution is -0.145. The summed E-state index contributed by atoms with van der Waals surface area (Å²) in [5.41, 5.74) is -1.69. The summed E-state index contributed by atoms with van der Waals surface area (Å²) < 4.78 is 101. The fourth-order valence-corrected chi connectivity index (χ4v) is 7.19. The molecule has 12 heteroatoms. The van der Waals surface area contributed by atoms with Gasteiger partial charge in [0.1, 0.15) is 5.82 Å². The van der Waals surface area contributed by atoms with Crippen LogP contribution < -0.4 is 0 Å². The van der Waals surface area contributed by atoms with Gasteiger partial charge in [0.05, 0.1) is 23.8 Å². The Morgan fingerprint density at radius 2 is 1.53 bits per heavy atom. The van der Waals surface area contributed by atoms with Crippen LogP contribution >= 0.6 is 0 Å². The van der Waals surface area contributed by atoms with Crippen molar-refractivity contribution in [2.45, 2.75) is 83.6 Å². The zero-order valence-corrected chi connectivity index (χ0v) is 27.2. The highest BCUT2D eigenvalue weighted by Crippen LogP contribution is 2.41. The standard InChI is InChI=1S/C35H43F7N2O3/c1-5-47-32(45)15-23-6-8-24(9-7-23)19-44-13-12-30(31(20-44)29-11-10-28(36)14-21(29)2)33(46)43(4)22(3)25-16-26(34(37,38)39)18-27(17-25)35(40,41)42/h10-11,14,16-18,22-24,30-31H,5-9,12-13,15,19-20H2,1-4H3/t22-,23?,24?,30-,31+/m0/s1. The average molecular weight is 673 g/mol. The van der Waals surface area contributed by atoms with Gasteiger partial charge in [-0.05, 0) is 118 Å². The van der Waals surface area contributed by atoms with Crippen LogP contribution in [0.5, 0.6) is 0 Å². The number of hydrogen-bond acceptors (Lipinski definition) is 4. The summed E-state index contributed by atoms with van der Waals surface area (Å²) in [5.74, 6) is -1.26. The third kappa shape index (κ3) is 9.27. The molecule has 1 aliphatic heterocycles. The highest BCUT2D eigenvalue weighted by atomic mass is 19.4. The van der Waals surface area contributed by atoms with Crippen LogP contribution in [0.2, 0.25) is 0 Å². The maximum Gasteiger partial charge on any atom is 0.416 e. The molecule has 3 atom stereocenters. The second-order valence-corrected chi connectivity index (χ2v) is 13.1. The molecule has 2 aliphatic rings. The number of halogens is 7. The fraction of sp³-hybridized carbons (Fsp3) is 0.600. The van der Waals surface area contributed by atoms with E-state index < -0.39 is 47.2 Å². The van der Waals surface area contributed by atoms with Crippen LogP contribution in [0.3, 0.4) is 0 Å². The molecule has 0 N–H and O–H groups in total. The Bertz CT molecular complexity index is 1370. The Morgan fingerprint density at radius 1 is 0.936 bits per heavy atom. The summed E-state index contributed by atoms with van der Waals surface area (Å²) in [5, 5.41) is 0. The number of benzene rings is 2. The number of ether oxygens (including phenoxy) is 1. The molecule has 0 aromatic heterocycles. The summed E-state index contributed by atoms with van der Waals surface area (Å²) in [6, 6.07) is 4.71. The number of carbonyl (C=O) groups is 2. The van der Waals surface area contributed by atoms with E-state index in [1.165, 1.54) is 31.0 Å². The van der Waals surface area contributed by atoms with Crippen molar-refractivity contribution in [3.05, 3.63) is 70.0 Å². The number of nitrogens with zero attached hydrogens (tertiary/aromatic N) is 2. The lowest BCUT2D eigenvalue weighted by atomic mass is 9.76.